The Balaban J connectivity index is 0.00000180. The van der Waals surface area contributed by atoms with Crippen molar-refractivity contribution < 1.29 is 4.79 Å². The van der Waals surface area contributed by atoms with Gasteiger partial charge in [-0.3, -0.25) is 4.79 Å². The Kier molecular flexibility index (Phi) is 7.15. The Hall–Kier alpha value is -0.290. The fourth-order valence-electron chi connectivity index (χ4n) is 2.25. The molecule has 108 valence electrons. The zero-order chi connectivity index (χ0) is 13.0. The molecule has 2 rings (SSSR count). The van der Waals surface area contributed by atoms with Gasteiger partial charge in [0, 0.05) is 18.3 Å². The number of halogens is 2. The van der Waals surface area contributed by atoms with E-state index in [-0.39, 0.29) is 18.3 Å². The van der Waals surface area contributed by atoms with Crippen LogP contribution < -0.4 is 5.32 Å². The van der Waals surface area contributed by atoms with Gasteiger partial charge in [0.05, 0.1) is 10.9 Å². The average Bonchev–Trinajstić information content (AvgIpc) is 2.76. The molecular formula is C13H20Cl2N2OS. The molecule has 0 saturated carbocycles. The average molecular weight is 323 g/mol. The van der Waals surface area contributed by atoms with Gasteiger partial charge in [0.25, 0.3) is 0 Å². The highest BCUT2D eigenvalue weighted by Gasteiger charge is 2.19. The van der Waals surface area contributed by atoms with Crippen molar-refractivity contribution in [3.63, 3.8) is 0 Å². The van der Waals surface area contributed by atoms with E-state index in [1.54, 1.807) is 11.3 Å². The van der Waals surface area contributed by atoms with E-state index in [1.165, 1.54) is 0 Å². The highest BCUT2D eigenvalue weighted by molar-refractivity contribution is 7.16. The standard InChI is InChI=1S/C13H19ClN2OS.ClH/c1-16(9-11-2-3-12(14)18-11)13(17)8-10-4-6-15-7-5-10;/h2-3,10,15H,4-9H2,1H3;1H. The number of carbonyl (C=O) groups is 1. The number of nitrogens with one attached hydrogen (secondary N) is 1. The number of hydrogen-bond donors (Lipinski definition) is 1. The third-order valence-corrected chi connectivity index (χ3v) is 4.59. The van der Waals surface area contributed by atoms with Crippen LogP contribution in [0.2, 0.25) is 4.34 Å². The lowest BCUT2D eigenvalue weighted by atomic mass is 9.94. The van der Waals surface area contributed by atoms with Gasteiger partial charge in [0.15, 0.2) is 0 Å². The van der Waals surface area contributed by atoms with E-state index in [0.717, 1.165) is 35.1 Å². The Morgan fingerprint density at radius 2 is 2.16 bits per heavy atom. The largest absolute Gasteiger partial charge is 0.341 e. The van der Waals surface area contributed by atoms with Crippen LogP contribution in [0.3, 0.4) is 0 Å². The van der Waals surface area contributed by atoms with Crippen LogP contribution >= 0.6 is 35.3 Å². The summed E-state index contributed by atoms with van der Waals surface area (Å²) in [6.07, 6.45) is 2.91. The number of piperidine rings is 1. The molecule has 0 spiro atoms. The number of rotatable bonds is 4. The Morgan fingerprint density at radius 3 is 2.74 bits per heavy atom. The van der Waals surface area contributed by atoms with E-state index in [4.69, 9.17) is 11.6 Å². The predicted molar refractivity (Wildman–Crippen MR) is 83.3 cm³/mol. The lowest BCUT2D eigenvalue weighted by molar-refractivity contribution is -0.131. The van der Waals surface area contributed by atoms with Crippen molar-refractivity contribution in [2.45, 2.75) is 25.8 Å². The Morgan fingerprint density at radius 1 is 1.47 bits per heavy atom. The molecule has 1 aromatic rings. The molecule has 1 aromatic heterocycles. The molecule has 0 aromatic carbocycles. The number of thiophene rings is 1. The second kappa shape index (κ2) is 8.10. The van der Waals surface area contributed by atoms with Crippen LogP contribution in [0.25, 0.3) is 0 Å². The molecule has 0 atom stereocenters. The van der Waals surface area contributed by atoms with E-state index in [1.807, 2.05) is 24.1 Å². The highest BCUT2D eigenvalue weighted by Crippen LogP contribution is 2.23. The number of hydrogen-bond acceptors (Lipinski definition) is 3. The molecule has 1 saturated heterocycles. The first-order valence-electron chi connectivity index (χ1n) is 6.34. The van der Waals surface area contributed by atoms with Gasteiger partial charge in [-0.15, -0.1) is 23.7 Å². The van der Waals surface area contributed by atoms with E-state index in [9.17, 15) is 4.79 Å². The number of nitrogens with zero attached hydrogens (tertiary/aromatic N) is 1. The molecule has 0 radical (unpaired) electrons. The maximum Gasteiger partial charge on any atom is 0.222 e. The third kappa shape index (κ3) is 5.30. The molecule has 19 heavy (non-hydrogen) atoms. The Labute approximate surface area is 129 Å². The minimum Gasteiger partial charge on any atom is -0.341 e. The normalized spacial score (nSPS) is 15.9. The molecule has 1 fully saturated rings. The summed E-state index contributed by atoms with van der Waals surface area (Å²) in [6, 6.07) is 3.87. The second-order valence-electron chi connectivity index (χ2n) is 4.85. The summed E-state index contributed by atoms with van der Waals surface area (Å²) in [4.78, 5) is 15.0. The Bertz CT molecular complexity index is 405. The molecule has 2 heterocycles. The van der Waals surface area contributed by atoms with E-state index >= 15 is 0 Å². The third-order valence-electron chi connectivity index (χ3n) is 3.37. The summed E-state index contributed by atoms with van der Waals surface area (Å²) < 4.78 is 0.782. The lowest BCUT2D eigenvalue weighted by Crippen LogP contribution is -2.33. The molecule has 3 nitrogen and oxygen atoms in total. The SMILES string of the molecule is CN(Cc1ccc(Cl)s1)C(=O)CC1CCNCC1.Cl. The van der Waals surface area contributed by atoms with Gasteiger partial charge in [-0.1, -0.05) is 11.6 Å². The monoisotopic (exact) mass is 322 g/mol. The maximum atomic E-state index is 12.1. The lowest BCUT2D eigenvalue weighted by Gasteiger charge is -2.24. The van der Waals surface area contributed by atoms with Crippen molar-refractivity contribution in [1.82, 2.24) is 10.2 Å². The minimum absolute atomic E-state index is 0. The van der Waals surface area contributed by atoms with Crippen molar-refractivity contribution in [3.8, 4) is 0 Å². The van der Waals surface area contributed by atoms with Gasteiger partial charge >= 0.3 is 0 Å². The van der Waals surface area contributed by atoms with Gasteiger partial charge in [-0.25, -0.2) is 0 Å². The molecule has 0 bridgehead atoms. The van der Waals surface area contributed by atoms with Crippen LogP contribution in [0, 0.1) is 5.92 Å². The molecule has 6 heteroatoms. The van der Waals surface area contributed by atoms with E-state index < -0.39 is 0 Å². The van der Waals surface area contributed by atoms with Gasteiger partial charge in [0.1, 0.15) is 0 Å². The quantitative estimate of drug-likeness (QED) is 0.923. The fraction of sp³-hybridized carbons (Fsp3) is 0.615. The summed E-state index contributed by atoms with van der Waals surface area (Å²) in [5.41, 5.74) is 0. The zero-order valence-corrected chi connectivity index (χ0v) is 13.4. The first-order valence-corrected chi connectivity index (χ1v) is 7.53. The van der Waals surface area contributed by atoms with Crippen molar-refractivity contribution >= 4 is 41.3 Å². The van der Waals surface area contributed by atoms with Crippen LogP contribution in [0.5, 0.6) is 0 Å². The summed E-state index contributed by atoms with van der Waals surface area (Å²) in [6.45, 7) is 2.76. The zero-order valence-electron chi connectivity index (χ0n) is 11.0. The minimum atomic E-state index is 0. The van der Waals surface area contributed by atoms with Crippen LogP contribution in [0.4, 0.5) is 0 Å². The van der Waals surface area contributed by atoms with Crippen molar-refractivity contribution in [3.05, 3.63) is 21.3 Å². The van der Waals surface area contributed by atoms with Crippen LogP contribution in [-0.2, 0) is 11.3 Å². The predicted octanol–water partition coefficient (Wildman–Crippen LogP) is 3.17. The van der Waals surface area contributed by atoms with Gasteiger partial charge < -0.3 is 10.2 Å². The maximum absolute atomic E-state index is 12.1. The fourth-order valence-corrected chi connectivity index (χ4v) is 3.39. The van der Waals surface area contributed by atoms with Gasteiger partial charge in [-0.05, 0) is 44.0 Å². The highest BCUT2D eigenvalue weighted by atomic mass is 35.5. The van der Waals surface area contributed by atoms with Crippen LogP contribution in [-0.4, -0.2) is 30.9 Å². The summed E-state index contributed by atoms with van der Waals surface area (Å²) in [5.74, 6) is 0.791. The second-order valence-corrected chi connectivity index (χ2v) is 6.65. The molecule has 1 N–H and O–H groups in total. The van der Waals surface area contributed by atoms with Crippen LogP contribution in [0.15, 0.2) is 12.1 Å². The first-order chi connectivity index (χ1) is 8.65. The van der Waals surface area contributed by atoms with Gasteiger partial charge in [-0.2, -0.15) is 0 Å². The summed E-state index contributed by atoms with van der Waals surface area (Å²) >= 11 is 7.43. The number of carbonyl (C=O) groups excluding carboxylic acids is 1. The summed E-state index contributed by atoms with van der Waals surface area (Å²) in [7, 11) is 1.87. The van der Waals surface area contributed by atoms with E-state index in [2.05, 4.69) is 5.32 Å². The van der Waals surface area contributed by atoms with Gasteiger partial charge in [0.2, 0.25) is 5.91 Å². The molecule has 1 aliphatic heterocycles. The van der Waals surface area contributed by atoms with Crippen molar-refractivity contribution in [2.75, 3.05) is 20.1 Å². The summed E-state index contributed by atoms with van der Waals surface area (Å²) in [5, 5.41) is 3.32. The van der Waals surface area contributed by atoms with E-state index in [0.29, 0.717) is 18.9 Å². The van der Waals surface area contributed by atoms with Crippen LogP contribution in [0.1, 0.15) is 24.1 Å². The molecular weight excluding hydrogens is 303 g/mol. The molecule has 0 aliphatic carbocycles. The smallest absolute Gasteiger partial charge is 0.222 e. The first kappa shape index (κ1) is 16.8. The topological polar surface area (TPSA) is 32.3 Å². The number of amides is 1. The molecule has 1 amide bonds. The molecule has 0 unspecified atom stereocenters. The van der Waals surface area contributed by atoms with Crippen molar-refractivity contribution in [2.24, 2.45) is 5.92 Å². The molecule has 1 aliphatic rings. The van der Waals surface area contributed by atoms with Crippen molar-refractivity contribution in [1.29, 1.82) is 0 Å².